The molecule has 0 radical (unpaired) electrons. The molecule has 0 aromatic heterocycles. The molecule has 2 aromatic carbocycles. The molecule has 0 amide bonds. The average molecular weight is 388 g/mol. The molecule has 0 aliphatic heterocycles. The predicted molar refractivity (Wildman–Crippen MR) is 87.2 cm³/mol. The fourth-order valence-corrected chi connectivity index (χ4v) is 2.86. The van der Waals surface area contributed by atoms with Crippen molar-refractivity contribution < 1.29 is 35.9 Å². The molecule has 0 N–H and O–H groups in total. The lowest BCUT2D eigenvalue weighted by atomic mass is 10.1. The van der Waals surface area contributed by atoms with Crippen molar-refractivity contribution in [3.8, 4) is 5.75 Å². The summed E-state index contributed by atoms with van der Waals surface area (Å²) >= 11 is 0. The Labute approximate surface area is 148 Å². The fraction of sp³-hybridized carbons (Fsp3) is 0.235. The molecule has 0 fully saturated rings. The quantitative estimate of drug-likeness (QED) is 0.709. The summed E-state index contributed by atoms with van der Waals surface area (Å²) in [5.41, 5.74) is 1.27. The SMILES string of the molecule is CS(=O)(=O)Cc1ccc(C(=O)OCc2ccc(OC(F)(F)F)cc2)cc1. The van der Waals surface area contributed by atoms with E-state index in [1.54, 1.807) is 0 Å². The topological polar surface area (TPSA) is 69.7 Å². The zero-order valence-electron chi connectivity index (χ0n) is 13.6. The maximum atomic E-state index is 12.1. The number of benzene rings is 2. The molecule has 26 heavy (non-hydrogen) atoms. The van der Waals surface area contributed by atoms with Crippen LogP contribution < -0.4 is 4.74 Å². The van der Waals surface area contributed by atoms with Crippen molar-refractivity contribution in [1.29, 1.82) is 0 Å². The van der Waals surface area contributed by atoms with Gasteiger partial charge in [0.15, 0.2) is 9.84 Å². The maximum Gasteiger partial charge on any atom is 0.573 e. The predicted octanol–water partition coefficient (Wildman–Crippen LogP) is 3.49. The van der Waals surface area contributed by atoms with Crippen LogP contribution in [0, 0.1) is 0 Å². The van der Waals surface area contributed by atoms with Crippen molar-refractivity contribution in [1.82, 2.24) is 0 Å². The van der Waals surface area contributed by atoms with Gasteiger partial charge >= 0.3 is 12.3 Å². The van der Waals surface area contributed by atoms with Gasteiger partial charge in [0.05, 0.1) is 11.3 Å². The summed E-state index contributed by atoms with van der Waals surface area (Å²) in [5, 5.41) is 0. The van der Waals surface area contributed by atoms with E-state index in [0.717, 1.165) is 18.4 Å². The molecule has 0 unspecified atom stereocenters. The molecule has 9 heteroatoms. The lowest BCUT2D eigenvalue weighted by Gasteiger charge is -2.09. The van der Waals surface area contributed by atoms with Crippen LogP contribution in [0.3, 0.4) is 0 Å². The molecule has 0 saturated heterocycles. The number of hydrogen-bond donors (Lipinski definition) is 0. The number of sulfone groups is 1. The molecule has 0 aliphatic rings. The molecule has 0 spiro atoms. The van der Waals surface area contributed by atoms with Crippen molar-refractivity contribution in [2.24, 2.45) is 0 Å². The summed E-state index contributed by atoms with van der Waals surface area (Å²) in [6.45, 7) is -0.129. The van der Waals surface area contributed by atoms with Gasteiger partial charge in [0.2, 0.25) is 0 Å². The van der Waals surface area contributed by atoms with Gasteiger partial charge < -0.3 is 9.47 Å². The summed E-state index contributed by atoms with van der Waals surface area (Å²) < 4.78 is 67.5. The molecule has 0 atom stereocenters. The standard InChI is InChI=1S/C17H15F3O5S/c1-26(22,23)11-13-2-6-14(7-3-13)16(21)24-10-12-4-8-15(9-5-12)25-17(18,19)20/h2-9H,10-11H2,1H3. The summed E-state index contributed by atoms with van der Waals surface area (Å²) in [5.74, 6) is -1.13. The van der Waals surface area contributed by atoms with Crippen LogP contribution in [-0.4, -0.2) is 27.0 Å². The first-order valence-corrected chi connectivity index (χ1v) is 9.36. The highest BCUT2D eigenvalue weighted by atomic mass is 32.2. The smallest absolute Gasteiger partial charge is 0.457 e. The van der Waals surface area contributed by atoms with Crippen molar-refractivity contribution in [3.63, 3.8) is 0 Å². The van der Waals surface area contributed by atoms with E-state index < -0.39 is 22.2 Å². The highest BCUT2D eigenvalue weighted by molar-refractivity contribution is 7.89. The number of carbonyl (C=O) groups is 1. The summed E-state index contributed by atoms with van der Waals surface area (Å²) in [7, 11) is -3.17. The van der Waals surface area contributed by atoms with Crippen LogP contribution in [0.25, 0.3) is 0 Å². The van der Waals surface area contributed by atoms with Crippen molar-refractivity contribution in [2.45, 2.75) is 18.7 Å². The third-order valence-electron chi connectivity index (χ3n) is 3.15. The Morgan fingerprint density at radius 1 is 0.962 bits per heavy atom. The van der Waals surface area contributed by atoms with E-state index >= 15 is 0 Å². The minimum absolute atomic E-state index is 0.129. The number of halogens is 3. The largest absolute Gasteiger partial charge is 0.573 e. The molecule has 2 aromatic rings. The lowest BCUT2D eigenvalue weighted by Crippen LogP contribution is -2.17. The maximum absolute atomic E-state index is 12.1. The second-order valence-corrected chi connectivity index (χ2v) is 7.68. The van der Waals surface area contributed by atoms with E-state index in [4.69, 9.17) is 4.74 Å². The zero-order valence-corrected chi connectivity index (χ0v) is 14.4. The Bertz CT molecular complexity index is 857. The van der Waals surface area contributed by atoms with E-state index in [1.807, 2.05) is 0 Å². The van der Waals surface area contributed by atoms with Gasteiger partial charge in [-0.1, -0.05) is 24.3 Å². The second-order valence-electron chi connectivity index (χ2n) is 5.53. The van der Waals surface area contributed by atoms with E-state index in [9.17, 15) is 26.4 Å². The highest BCUT2D eigenvalue weighted by Crippen LogP contribution is 2.23. The van der Waals surface area contributed by atoms with Crippen LogP contribution in [-0.2, 0) is 26.9 Å². The Hall–Kier alpha value is -2.55. The van der Waals surface area contributed by atoms with Crippen LogP contribution in [0.15, 0.2) is 48.5 Å². The molecular formula is C17H15F3O5S. The number of hydrogen-bond acceptors (Lipinski definition) is 5. The molecule has 0 saturated carbocycles. The van der Waals surface area contributed by atoms with Gasteiger partial charge in [-0.3, -0.25) is 0 Å². The number of alkyl halides is 3. The van der Waals surface area contributed by atoms with Crippen molar-refractivity contribution in [3.05, 3.63) is 65.2 Å². The summed E-state index contributed by atoms with van der Waals surface area (Å²) in [4.78, 5) is 12.0. The van der Waals surface area contributed by atoms with Crippen LogP contribution in [0.1, 0.15) is 21.5 Å². The molecule has 0 heterocycles. The van der Waals surface area contributed by atoms with Crippen molar-refractivity contribution >= 4 is 15.8 Å². The van der Waals surface area contributed by atoms with Gasteiger partial charge in [-0.05, 0) is 35.4 Å². The lowest BCUT2D eigenvalue weighted by molar-refractivity contribution is -0.274. The molecule has 2 rings (SSSR count). The Morgan fingerprint density at radius 2 is 1.50 bits per heavy atom. The van der Waals surface area contributed by atoms with E-state index in [0.29, 0.717) is 11.1 Å². The monoisotopic (exact) mass is 388 g/mol. The van der Waals surface area contributed by atoms with Crippen LogP contribution in [0.4, 0.5) is 13.2 Å². The van der Waals surface area contributed by atoms with Crippen LogP contribution in [0.5, 0.6) is 5.75 Å². The Morgan fingerprint density at radius 3 is 2.00 bits per heavy atom. The Balaban J connectivity index is 1.92. The molecule has 140 valence electrons. The minimum atomic E-state index is -4.77. The van der Waals surface area contributed by atoms with Gasteiger partial charge in [0, 0.05) is 6.26 Å². The van der Waals surface area contributed by atoms with Gasteiger partial charge in [0.1, 0.15) is 12.4 Å². The first kappa shape index (κ1) is 19.8. The number of esters is 1. The first-order chi connectivity index (χ1) is 12.0. The number of rotatable bonds is 6. The third kappa shape index (κ3) is 6.75. The van der Waals surface area contributed by atoms with E-state index in [-0.39, 0.29) is 23.7 Å². The van der Waals surface area contributed by atoms with E-state index in [1.165, 1.54) is 36.4 Å². The first-order valence-electron chi connectivity index (χ1n) is 7.30. The normalized spacial score (nSPS) is 11.8. The van der Waals surface area contributed by atoms with Gasteiger partial charge in [-0.25, -0.2) is 13.2 Å². The van der Waals surface area contributed by atoms with Crippen LogP contribution >= 0.6 is 0 Å². The zero-order chi connectivity index (χ0) is 19.4. The Kier molecular flexibility index (Phi) is 5.91. The summed E-state index contributed by atoms with van der Waals surface area (Å²) in [6, 6.07) is 10.9. The van der Waals surface area contributed by atoms with Crippen LogP contribution in [0.2, 0.25) is 0 Å². The molecule has 0 bridgehead atoms. The number of carbonyl (C=O) groups excluding carboxylic acids is 1. The fourth-order valence-electron chi connectivity index (χ4n) is 2.06. The second kappa shape index (κ2) is 7.77. The van der Waals surface area contributed by atoms with Gasteiger partial charge in [0.25, 0.3) is 0 Å². The van der Waals surface area contributed by atoms with Crippen molar-refractivity contribution in [2.75, 3.05) is 6.26 Å². The highest BCUT2D eigenvalue weighted by Gasteiger charge is 2.30. The molecular weight excluding hydrogens is 373 g/mol. The van der Waals surface area contributed by atoms with Gasteiger partial charge in [-0.2, -0.15) is 0 Å². The third-order valence-corrected chi connectivity index (χ3v) is 4.00. The van der Waals surface area contributed by atoms with Gasteiger partial charge in [-0.15, -0.1) is 13.2 Å². The molecule has 5 nitrogen and oxygen atoms in total. The number of ether oxygens (including phenoxy) is 2. The average Bonchev–Trinajstić information content (AvgIpc) is 2.51. The van der Waals surface area contributed by atoms with E-state index in [2.05, 4.69) is 4.74 Å². The molecule has 0 aliphatic carbocycles. The summed E-state index contributed by atoms with van der Waals surface area (Å²) in [6.07, 6.45) is -3.66. The minimum Gasteiger partial charge on any atom is -0.457 e.